The second-order valence-corrected chi connectivity index (χ2v) is 11.5. The molecule has 0 aliphatic rings. The molecule has 28 heavy (non-hydrogen) atoms. The van der Waals surface area contributed by atoms with Crippen molar-refractivity contribution in [1.82, 2.24) is 0 Å². The highest BCUT2D eigenvalue weighted by molar-refractivity contribution is 7.91. The van der Waals surface area contributed by atoms with E-state index in [9.17, 15) is 16.8 Å². The molecule has 2 aromatic carbocycles. The van der Waals surface area contributed by atoms with Crippen LogP contribution in [0.1, 0.15) is 36.3 Å². The van der Waals surface area contributed by atoms with Gasteiger partial charge in [-0.25, -0.2) is 16.8 Å². The fraction of sp³-hybridized carbons (Fsp3) is 0.333. The van der Waals surface area contributed by atoms with E-state index in [-0.39, 0.29) is 27.3 Å². The molecule has 0 saturated carbocycles. The second-order valence-electron chi connectivity index (χ2n) is 6.85. The minimum Gasteiger partial charge on any atom is -0.229 e. The first-order valence-corrected chi connectivity index (χ1v) is 13.1. The fourth-order valence-corrected chi connectivity index (χ4v) is 5.51. The van der Waals surface area contributed by atoms with Gasteiger partial charge in [-0.1, -0.05) is 60.5 Å². The average Bonchev–Trinajstić information content (AvgIpc) is 2.62. The van der Waals surface area contributed by atoms with Crippen molar-refractivity contribution in [3.8, 4) is 0 Å². The van der Waals surface area contributed by atoms with E-state index >= 15 is 0 Å². The van der Waals surface area contributed by atoms with Crippen LogP contribution >= 0.6 is 11.6 Å². The van der Waals surface area contributed by atoms with Crippen LogP contribution in [0.15, 0.2) is 66.1 Å². The van der Waals surface area contributed by atoms with Crippen molar-refractivity contribution in [2.45, 2.75) is 30.1 Å². The first-order valence-electron chi connectivity index (χ1n) is 9.00. The number of halogens is 1. The molecule has 152 valence electrons. The van der Waals surface area contributed by atoms with E-state index in [1.54, 1.807) is 12.1 Å². The highest BCUT2D eigenvalue weighted by atomic mass is 35.5. The normalized spacial score (nSPS) is 13.2. The lowest BCUT2D eigenvalue weighted by molar-refractivity contribution is 0.589. The Morgan fingerprint density at radius 1 is 1.00 bits per heavy atom. The molecule has 4 nitrogen and oxygen atoms in total. The predicted octanol–water partition coefficient (Wildman–Crippen LogP) is 4.65. The van der Waals surface area contributed by atoms with Crippen LogP contribution in [0.5, 0.6) is 0 Å². The quantitative estimate of drug-likeness (QED) is 0.398. The zero-order valence-electron chi connectivity index (χ0n) is 15.8. The topological polar surface area (TPSA) is 68.3 Å². The molecule has 2 aromatic rings. The third-order valence-corrected chi connectivity index (χ3v) is 7.64. The summed E-state index contributed by atoms with van der Waals surface area (Å²) >= 11 is 6.16. The number of hydrogen-bond donors (Lipinski definition) is 0. The second kappa shape index (κ2) is 9.72. The van der Waals surface area contributed by atoms with Crippen LogP contribution in [0, 0.1) is 0 Å². The molecule has 0 amide bonds. The molecule has 1 atom stereocenters. The van der Waals surface area contributed by atoms with Gasteiger partial charge < -0.3 is 0 Å². The van der Waals surface area contributed by atoms with Gasteiger partial charge in [0.2, 0.25) is 0 Å². The Hall–Kier alpha value is -1.63. The molecule has 0 saturated heterocycles. The molecule has 0 fully saturated rings. The minimum absolute atomic E-state index is 0.0456. The fourth-order valence-electron chi connectivity index (χ4n) is 3.14. The van der Waals surface area contributed by atoms with Gasteiger partial charge in [0.1, 0.15) is 9.84 Å². The van der Waals surface area contributed by atoms with Crippen molar-refractivity contribution < 1.29 is 16.8 Å². The summed E-state index contributed by atoms with van der Waals surface area (Å²) in [5, 5.41) is 0.189. The Morgan fingerprint density at radius 3 is 2.29 bits per heavy atom. The standard InChI is InChI=1S/C21H25ClO4S2/c1-3-14-28(25,26)21-16-18(12-13-20(21)22)19(17-9-5-4-6-10-17)11-7-8-15-27(2,23)24/h3-6,9-10,12-13,16,19H,1,7-8,11,14-15H2,2H3. The summed E-state index contributed by atoms with van der Waals surface area (Å²) in [7, 11) is -6.55. The third kappa shape index (κ3) is 6.47. The van der Waals surface area contributed by atoms with Crippen molar-refractivity contribution in [2.75, 3.05) is 17.8 Å². The molecule has 0 N–H and O–H groups in total. The van der Waals surface area contributed by atoms with Gasteiger partial charge in [-0.2, -0.15) is 0 Å². The molecule has 7 heteroatoms. The highest BCUT2D eigenvalue weighted by Crippen LogP contribution is 2.33. The number of sulfone groups is 2. The molecule has 0 aliphatic carbocycles. The van der Waals surface area contributed by atoms with E-state index in [1.807, 2.05) is 36.4 Å². The van der Waals surface area contributed by atoms with E-state index in [0.29, 0.717) is 19.3 Å². The Labute approximate surface area is 173 Å². The van der Waals surface area contributed by atoms with Gasteiger partial charge in [0, 0.05) is 17.9 Å². The SMILES string of the molecule is C=CCS(=O)(=O)c1cc(C(CCCCS(C)(=O)=O)c2ccccc2)ccc1Cl. The lowest BCUT2D eigenvalue weighted by Gasteiger charge is -2.19. The lowest BCUT2D eigenvalue weighted by Crippen LogP contribution is -2.09. The summed E-state index contributed by atoms with van der Waals surface area (Å²) in [6.07, 6.45) is 4.57. The Kier molecular flexibility index (Phi) is 7.87. The highest BCUT2D eigenvalue weighted by Gasteiger charge is 2.21. The number of benzene rings is 2. The molecule has 1 unspecified atom stereocenters. The summed E-state index contributed by atoms with van der Waals surface area (Å²) in [6.45, 7) is 3.50. The van der Waals surface area contributed by atoms with Gasteiger partial charge in [0.25, 0.3) is 0 Å². The van der Waals surface area contributed by atoms with Crippen LogP contribution < -0.4 is 0 Å². The molecule has 0 aromatic heterocycles. The molecular weight excluding hydrogens is 416 g/mol. The van der Waals surface area contributed by atoms with Gasteiger partial charge in [-0.05, 0) is 36.1 Å². The summed E-state index contributed by atoms with van der Waals surface area (Å²) in [5.74, 6) is -0.0787. The largest absolute Gasteiger partial charge is 0.229 e. The third-order valence-electron chi connectivity index (χ3n) is 4.49. The monoisotopic (exact) mass is 440 g/mol. The number of hydrogen-bond acceptors (Lipinski definition) is 4. The van der Waals surface area contributed by atoms with Gasteiger partial charge in [-0.15, -0.1) is 6.58 Å². The van der Waals surface area contributed by atoms with Crippen molar-refractivity contribution >= 4 is 31.3 Å². The van der Waals surface area contributed by atoms with Crippen LogP contribution in [-0.2, 0) is 19.7 Å². The molecule has 0 bridgehead atoms. The maximum atomic E-state index is 12.5. The van der Waals surface area contributed by atoms with Crippen LogP contribution in [0.2, 0.25) is 5.02 Å². The molecule has 2 rings (SSSR count). The predicted molar refractivity (Wildman–Crippen MR) is 116 cm³/mol. The molecule has 0 spiro atoms. The van der Waals surface area contributed by atoms with Crippen LogP contribution in [0.25, 0.3) is 0 Å². The van der Waals surface area contributed by atoms with Crippen molar-refractivity contribution in [3.05, 3.63) is 77.3 Å². The minimum atomic E-state index is -3.55. The van der Waals surface area contributed by atoms with Crippen molar-refractivity contribution in [2.24, 2.45) is 0 Å². The molecule has 0 radical (unpaired) electrons. The Balaban J connectivity index is 2.37. The lowest BCUT2D eigenvalue weighted by atomic mass is 9.87. The smallest absolute Gasteiger partial charge is 0.183 e. The zero-order chi connectivity index (χ0) is 20.8. The first kappa shape index (κ1) is 22.7. The van der Waals surface area contributed by atoms with Crippen LogP contribution in [0.3, 0.4) is 0 Å². The van der Waals surface area contributed by atoms with Crippen molar-refractivity contribution in [3.63, 3.8) is 0 Å². The van der Waals surface area contributed by atoms with E-state index < -0.39 is 19.7 Å². The number of unbranched alkanes of at least 4 members (excludes halogenated alkanes) is 1. The molecule has 0 heterocycles. The maximum Gasteiger partial charge on any atom is 0.183 e. The summed E-state index contributed by atoms with van der Waals surface area (Å²) in [5.41, 5.74) is 1.90. The van der Waals surface area contributed by atoms with Gasteiger partial charge >= 0.3 is 0 Å². The molecular formula is C21H25ClO4S2. The molecule has 0 aliphatic heterocycles. The Bertz CT molecular complexity index is 1010. The van der Waals surface area contributed by atoms with Gasteiger partial charge in [-0.3, -0.25) is 0 Å². The summed E-state index contributed by atoms with van der Waals surface area (Å²) in [6, 6.07) is 14.9. The Morgan fingerprint density at radius 2 is 1.68 bits per heavy atom. The van der Waals surface area contributed by atoms with Crippen LogP contribution in [0.4, 0.5) is 0 Å². The maximum absolute atomic E-state index is 12.5. The average molecular weight is 441 g/mol. The summed E-state index contributed by atoms with van der Waals surface area (Å²) < 4.78 is 47.8. The van der Waals surface area contributed by atoms with E-state index in [2.05, 4.69) is 6.58 Å². The van der Waals surface area contributed by atoms with E-state index in [0.717, 1.165) is 11.1 Å². The zero-order valence-corrected chi connectivity index (χ0v) is 18.2. The van der Waals surface area contributed by atoms with Crippen molar-refractivity contribution in [1.29, 1.82) is 0 Å². The van der Waals surface area contributed by atoms with Crippen LogP contribution in [-0.4, -0.2) is 34.6 Å². The van der Waals surface area contributed by atoms with Gasteiger partial charge in [0.15, 0.2) is 9.84 Å². The van der Waals surface area contributed by atoms with E-state index in [4.69, 9.17) is 11.6 Å². The van der Waals surface area contributed by atoms with E-state index in [1.165, 1.54) is 12.3 Å². The first-order chi connectivity index (χ1) is 13.1. The van der Waals surface area contributed by atoms with Gasteiger partial charge in [0.05, 0.1) is 15.7 Å². The number of rotatable bonds is 10. The summed E-state index contributed by atoms with van der Waals surface area (Å²) in [4.78, 5) is 0.101.